The Morgan fingerprint density at radius 2 is 2.15 bits per heavy atom. The molecule has 13 heavy (non-hydrogen) atoms. The van der Waals surface area contributed by atoms with E-state index in [0.29, 0.717) is 5.04 Å². The lowest BCUT2D eigenvalue weighted by Crippen LogP contribution is -1.98. The number of nitrogens with one attached hydrogen (secondary N) is 1. The maximum absolute atomic E-state index is 6.97. The van der Waals surface area contributed by atoms with Crippen molar-refractivity contribution < 1.29 is 0 Å². The number of hydrazone groups is 1. The Morgan fingerprint density at radius 3 is 2.69 bits per heavy atom. The zero-order valence-electron chi connectivity index (χ0n) is 7.10. The van der Waals surface area contributed by atoms with Gasteiger partial charge in [0.1, 0.15) is 5.04 Å². The molecule has 0 spiro atoms. The summed E-state index contributed by atoms with van der Waals surface area (Å²) >= 11 is 1.46. The van der Waals surface area contributed by atoms with Crippen molar-refractivity contribution in [1.29, 1.82) is 5.41 Å². The van der Waals surface area contributed by atoms with Gasteiger partial charge in [0.2, 0.25) is 0 Å². The van der Waals surface area contributed by atoms with Crippen molar-refractivity contribution in [2.75, 3.05) is 0 Å². The lowest BCUT2D eigenvalue weighted by Gasteiger charge is -1.98. The molecule has 0 bridgehead atoms. The average molecular weight is 193 g/mol. The molecule has 0 saturated heterocycles. The Bertz CT molecular complexity index is 295. The summed E-state index contributed by atoms with van der Waals surface area (Å²) in [4.78, 5) is 0. The third-order valence-corrected chi connectivity index (χ3v) is 2.48. The fraction of sp³-hybridized carbons (Fsp3) is 0.111. The zero-order valence-corrected chi connectivity index (χ0v) is 7.92. The molecule has 3 N–H and O–H groups in total. The molecule has 0 aliphatic heterocycles. The highest BCUT2D eigenvalue weighted by atomic mass is 32.2. The minimum absolute atomic E-state index is 0.545. The van der Waals surface area contributed by atoms with Gasteiger partial charge in [0.25, 0.3) is 0 Å². The Morgan fingerprint density at radius 1 is 1.46 bits per heavy atom. The van der Waals surface area contributed by atoms with Gasteiger partial charge in [-0.15, -0.1) is 0 Å². The normalized spacial score (nSPS) is 11.2. The van der Waals surface area contributed by atoms with Gasteiger partial charge in [-0.3, -0.25) is 0 Å². The number of nitrogens with two attached hydrogens (primary N) is 1. The third-order valence-electron chi connectivity index (χ3n) is 1.48. The first-order valence-electron chi connectivity index (χ1n) is 3.82. The molecule has 0 aliphatic rings. The van der Waals surface area contributed by atoms with Gasteiger partial charge in [-0.25, -0.2) is 0 Å². The Hall–Kier alpha value is -1.29. The van der Waals surface area contributed by atoms with Crippen LogP contribution in [0.15, 0.2) is 35.4 Å². The van der Waals surface area contributed by atoms with Crippen molar-refractivity contribution in [2.24, 2.45) is 10.9 Å². The molecule has 1 aromatic carbocycles. The van der Waals surface area contributed by atoms with Gasteiger partial charge >= 0.3 is 0 Å². The summed E-state index contributed by atoms with van der Waals surface area (Å²) in [6, 6.07) is 10.0. The molecule has 0 atom stereocenters. The van der Waals surface area contributed by atoms with Gasteiger partial charge < -0.3 is 11.3 Å². The van der Waals surface area contributed by atoms with E-state index in [1.54, 1.807) is 0 Å². The molecule has 0 aliphatic carbocycles. The Labute approximate surface area is 81.5 Å². The van der Waals surface area contributed by atoms with Gasteiger partial charge in [0.15, 0.2) is 0 Å². The fourth-order valence-corrected chi connectivity index (χ4v) is 1.51. The Kier molecular flexibility index (Phi) is 4.05. The van der Waals surface area contributed by atoms with Gasteiger partial charge in [0.05, 0.1) is 6.21 Å². The molecule has 3 nitrogen and oxygen atoms in total. The average Bonchev–Trinajstić information content (AvgIpc) is 2.21. The smallest absolute Gasteiger partial charge is 0.134 e. The van der Waals surface area contributed by atoms with E-state index in [1.807, 2.05) is 30.3 Å². The summed E-state index contributed by atoms with van der Waals surface area (Å²) < 4.78 is 0. The first kappa shape index (κ1) is 9.80. The van der Waals surface area contributed by atoms with Crippen LogP contribution in [0, 0.1) is 5.41 Å². The highest BCUT2D eigenvalue weighted by Crippen LogP contribution is 2.11. The fourth-order valence-electron chi connectivity index (χ4n) is 0.848. The molecule has 0 fully saturated rings. The summed E-state index contributed by atoms with van der Waals surface area (Å²) in [5.41, 5.74) is 1.20. The van der Waals surface area contributed by atoms with Gasteiger partial charge in [0, 0.05) is 5.75 Å². The maximum atomic E-state index is 6.97. The molecule has 0 unspecified atom stereocenters. The van der Waals surface area contributed by atoms with E-state index in [9.17, 15) is 0 Å². The van der Waals surface area contributed by atoms with Crippen molar-refractivity contribution >= 4 is 23.0 Å². The number of rotatable bonds is 3. The summed E-state index contributed by atoms with van der Waals surface area (Å²) in [5.74, 6) is 5.86. The standard InChI is InChI=1S/C9H11N3S/c10-6-9(12-11)13-7-8-4-2-1-3-5-8/h1-6,10H,7,11H2/b10-6?,12-9+. The second kappa shape index (κ2) is 5.37. The van der Waals surface area contributed by atoms with Crippen LogP contribution in [-0.4, -0.2) is 11.3 Å². The maximum Gasteiger partial charge on any atom is 0.134 e. The van der Waals surface area contributed by atoms with Crippen molar-refractivity contribution in [3.8, 4) is 0 Å². The topological polar surface area (TPSA) is 62.2 Å². The molecule has 0 heterocycles. The lowest BCUT2D eigenvalue weighted by atomic mass is 10.2. The molecule has 0 radical (unpaired) electrons. The number of thioether (sulfide) groups is 1. The molecule has 1 rings (SSSR count). The van der Waals surface area contributed by atoms with E-state index in [0.717, 1.165) is 12.0 Å². The second-order valence-electron chi connectivity index (χ2n) is 2.39. The zero-order chi connectivity index (χ0) is 9.52. The first-order chi connectivity index (χ1) is 6.36. The highest BCUT2D eigenvalue weighted by Gasteiger charge is 1.96. The van der Waals surface area contributed by atoms with Crippen LogP contribution in [0.2, 0.25) is 0 Å². The van der Waals surface area contributed by atoms with Crippen molar-refractivity contribution in [1.82, 2.24) is 0 Å². The Balaban J connectivity index is 2.48. The van der Waals surface area contributed by atoms with E-state index in [2.05, 4.69) is 5.10 Å². The van der Waals surface area contributed by atoms with Crippen molar-refractivity contribution in [2.45, 2.75) is 5.75 Å². The van der Waals surface area contributed by atoms with Gasteiger partial charge in [-0.2, -0.15) is 5.10 Å². The highest BCUT2D eigenvalue weighted by molar-refractivity contribution is 8.14. The number of hydrogen-bond acceptors (Lipinski definition) is 4. The second-order valence-corrected chi connectivity index (χ2v) is 3.38. The van der Waals surface area contributed by atoms with Crippen molar-refractivity contribution in [3.63, 3.8) is 0 Å². The summed E-state index contributed by atoms with van der Waals surface area (Å²) in [6.07, 6.45) is 1.16. The van der Waals surface area contributed by atoms with Crippen LogP contribution >= 0.6 is 11.8 Å². The monoisotopic (exact) mass is 193 g/mol. The van der Waals surface area contributed by atoms with E-state index in [4.69, 9.17) is 11.3 Å². The SMILES string of the molecule is N=C/C(=N\N)SCc1ccccc1. The summed E-state index contributed by atoms with van der Waals surface area (Å²) in [6.45, 7) is 0. The molecule has 1 aromatic rings. The van der Waals surface area contributed by atoms with Crippen LogP contribution in [0.3, 0.4) is 0 Å². The van der Waals surface area contributed by atoms with Crippen LogP contribution in [0.1, 0.15) is 5.56 Å². The number of hydrogen-bond donors (Lipinski definition) is 2. The van der Waals surface area contributed by atoms with Crippen LogP contribution in [0.4, 0.5) is 0 Å². The lowest BCUT2D eigenvalue weighted by molar-refractivity contribution is 1.27. The van der Waals surface area contributed by atoms with Crippen LogP contribution in [-0.2, 0) is 5.75 Å². The van der Waals surface area contributed by atoms with Crippen LogP contribution in [0.25, 0.3) is 0 Å². The summed E-state index contributed by atoms with van der Waals surface area (Å²) in [5, 5.41) is 11.0. The van der Waals surface area contributed by atoms with Crippen LogP contribution in [0.5, 0.6) is 0 Å². The minimum atomic E-state index is 0.545. The van der Waals surface area contributed by atoms with E-state index < -0.39 is 0 Å². The predicted octanol–water partition coefficient (Wildman–Crippen LogP) is 1.84. The molecular formula is C9H11N3S. The number of nitrogens with zero attached hydrogens (tertiary/aromatic N) is 1. The molecule has 68 valence electrons. The van der Waals surface area contributed by atoms with E-state index in [1.165, 1.54) is 17.3 Å². The minimum Gasteiger partial charge on any atom is -0.322 e. The first-order valence-corrected chi connectivity index (χ1v) is 4.80. The molecular weight excluding hydrogens is 182 g/mol. The quantitative estimate of drug-likeness (QED) is 0.333. The van der Waals surface area contributed by atoms with Gasteiger partial charge in [-0.05, 0) is 5.56 Å². The van der Waals surface area contributed by atoms with E-state index in [-0.39, 0.29) is 0 Å². The molecule has 0 saturated carbocycles. The third kappa shape index (κ3) is 3.29. The van der Waals surface area contributed by atoms with Gasteiger partial charge in [-0.1, -0.05) is 42.1 Å². The van der Waals surface area contributed by atoms with Crippen LogP contribution < -0.4 is 5.84 Å². The molecule has 4 heteroatoms. The summed E-state index contributed by atoms with van der Waals surface area (Å²) in [7, 11) is 0. The molecule has 0 aromatic heterocycles. The predicted molar refractivity (Wildman–Crippen MR) is 58.1 cm³/mol. The number of benzene rings is 1. The molecule has 0 amide bonds. The largest absolute Gasteiger partial charge is 0.322 e. The van der Waals surface area contributed by atoms with Crippen molar-refractivity contribution in [3.05, 3.63) is 35.9 Å². The van der Waals surface area contributed by atoms with E-state index >= 15 is 0 Å².